The molecular formula is C21H28N2O4S. The van der Waals surface area contributed by atoms with Crippen LogP contribution in [0.3, 0.4) is 0 Å². The number of nitrogens with zero attached hydrogens (tertiary/aromatic N) is 1. The molecule has 2 rings (SSSR count). The van der Waals surface area contributed by atoms with Crippen LogP contribution in [0.15, 0.2) is 53.4 Å². The van der Waals surface area contributed by atoms with Crippen molar-refractivity contribution in [2.75, 3.05) is 21.2 Å². The largest absolute Gasteiger partial charge is 0.495 e. The highest BCUT2D eigenvalue weighted by molar-refractivity contribution is 7.89. The Balaban J connectivity index is 2.43. The fraction of sp³-hybridized carbons (Fsp3) is 0.381. The molecule has 1 unspecified atom stereocenters. The van der Waals surface area contributed by atoms with E-state index in [1.807, 2.05) is 51.1 Å². The van der Waals surface area contributed by atoms with Gasteiger partial charge in [0, 0.05) is 19.7 Å². The molecule has 2 aromatic carbocycles. The quantitative estimate of drug-likeness (QED) is 0.800. The standard InChI is InChI=1S/C21H28N2O4S/c1-21(2,3)19(15-10-8-7-9-11-15)22-20(24)16-12-13-17(27-6)18(14-16)28(25,26)23(4)5/h7-14,19H,1-6H3,(H,22,24). The molecular weight excluding hydrogens is 376 g/mol. The molecule has 0 aliphatic carbocycles. The summed E-state index contributed by atoms with van der Waals surface area (Å²) >= 11 is 0. The molecule has 1 amide bonds. The molecule has 7 heteroatoms. The number of sulfonamides is 1. The van der Waals surface area contributed by atoms with E-state index in [9.17, 15) is 13.2 Å². The van der Waals surface area contributed by atoms with E-state index in [-0.39, 0.29) is 33.6 Å². The van der Waals surface area contributed by atoms with E-state index >= 15 is 0 Å². The fourth-order valence-corrected chi connectivity index (χ4v) is 3.95. The Kier molecular flexibility index (Phi) is 6.52. The lowest BCUT2D eigenvalue weighted by atomic mass is 9.82. The van der Waals surface area contributed by atoms with E-state index in [1.165, 1.54) is 33.3 Å². The first-order chi connectivity index (χ1) is 13.0. The lowest BCUT2D eigenvalue weighted by molar-refractivity contribution is 0.0901. The van der Waals surface area contributed by atoms with Crippen molar-refractivity contribution >= 4 is 15.9 Å². The average molecular weight is 405 g/mol. The number of carbonyl (C=O) groups is 1. The van der Waals surface area contributed by atoms with Crippen LogP contribution in [0.5, 0.6) is 5.75 Å². The average Bonchev–Trinajstić information content (AvgIpc) is 2.64. The van der Waals surface area contributed by atoms with Gasteiger partial charge in [0.1, 0.15) is 10.6 Å². The van der Waals surface area contributed by atoms with Crippen molar-refractivity contribution in [3.63, 3.8) is 0 Å². The van der Waals surface area contributed by atoms with Crippen molar-refractivity contribution in [3.8, 4) is 5.75 Å². The van der Waals surface area contributed by atoms with Gasteiger partial charge in [-0.25, -0.2) is 12.7 Å². The highest BCUT2D eigenvalue weighted by atomic mass is 32.2. The maximum atomic E-state index is 13.0. The maximum absolute atomic E-state index is 13.0. The molecule has 1 N–H and O–H groups in total. The Morgan fingerprint density at radius 2 is 1.68 bits per heavy atom. The molecule has 6 nitrogen and oxygen atoms in total. The number of amides is 1. The summed E-state index contributed by atoms with van der Waals surface area (Å²) in [7, 11) is 0.515. The summed E-state index contributed by atoms with van der Waals surface area (Å²) in [5.74, 6) is -0.151. The third-order valence-corrected chi connectivity index (χ3v) is 6.30. The number of hydrogen-bond donors (Lipinski definition) is 1. The van der Waals surface area contributed by atoms with Crippen molar-refractivity contribution in [2.45, 2.75) is 31.7 Å². The van der Waals surface area contributed by atoms with E-state index in [2.05, 4.69) is 5.32 Å². The molecule has 0 bridgehead atoms. The Morgan fingerprint density at radius 3 is 2.18 bits per heavy atom. The molecule has 0 spiro atoms. The molecule has 0 aliphatic heterocycles. The molecule has 0 aromatic heterocycles. The van der Waals surface area contributed by atoms with Crippen molar-refractivity contribution in [1.29, 1.82) is 0 Å². The minimum atomic E-state index is -3.76. The maximum Gasteiger partial charge on any atom is 0.251 e. The highest BCUT2D eigenvalue weighted by Crippen LogP contribution is 2.33. The van der Waals surface area contributed by atoms with Crippen LogP contribution in [0.2, 0.25) is 0 Å². The van der Waals surface area contributed by atoms with Crippen molar-refractivity contribution in [2.24, 2.45) is 5.41 Å². The molecule has 0 heterocycles. The third kappa shape index (κ3) is 4.72. The van der Waals surface area contributed by atoms with Gasteiger partial charge >= 0.3 is 0 Å². The van der Waals surface area contributed by atoms with Gasteiger partial charge in [0.05, 0.1) is 13.2 Å². The number of nitrogens with one attached hydrogen (secondary N) is 1. The molecule has 0 saturated heterocycles. The van der Waals surface area contributed by atoms with E-state index in [4.69, 9.17) is 4.74 Å². The highest BCUT2D eigenvalue weighted by Gasteiger charge is 2.29. The van der Waals surface area contributed by atoms with E-state index in [0.717, 1.165) is 9.87 Å². The SMILES string of the molecule is COc1ccc(C(=O)NC(c2ccccc2)C(C)(C)C)cc1S(=O)(=O)N(C)C. The van der Waals surface area contributed by atoms with Crippen molar-refractivity contribution < 1.29 is 17.9 Å². The van der Waals surface area contributed by atoms with Crippen LogP contribution >= 0.6 is 0 Å². The first kappa shape index (κ1) is 21.9. The molecule has 152 valence electrons. The Bertz CT molecular complexity index is 933. The second-order valence-electron chi connectivity index (χ2n) is 7.84. The fourth-order valence-electron chi connectivity index (χ4n) is 2.88. The van der Waals surface area contributed by atoms with Gasteiger partial charge in [0.15, 0.2) is 0 Å². The molecule has 0 fully saturated rings. The number of carbonyl (C=O) groups excluding carboxylic acids is 1. The summed E-state index contributed by atoms with van der Waals surface area (Å²) in [6.07, 6.45) is 0. The topological polar surface area (TPSA) is 75.7 Å². The van der Waals surface area contributed by atoms with Crippen LogP contribution in [0, 0.1) is 5.41 Å². The summed E-state index contributed by atoms with van der Waals surface area (Å²) in [5.41, 5.74) is 1.01. The zero-order valence-corrected chi connectivity index (χ0v) is 18.0. The van der Waals surface area contributed by atoms with Crippen LogP contribution < -0.4 is 10.1 Å². The van der Waals surface area contributed by atoms with Gasteiger partial charge in [-0.2, -0.15) is 0 Å². The molecule has 1 atom stereocenters. The molecule has 0 radical (unpaired) electrons. The summed E-state index contributed by atoms with van der Waals surface area (Å²) in [4.78, 5) is 12.9. The monoisotopic (exact) mass is 404 g/mol. The van der Waals surface area contributed by atoms with Crippen LogP contribution in [-0.4, -0.2) is 39.8 Å². The zero-order chi connectivity index (χ0) is 21.1. The van der Waals surface area contributed by atoms with E-state index in [0.29, 0.717) is 0 Å². The second kappa shape index (κ2) is 8.32. The predicted octanol–water partition coefficient (Wildman–Crippen LogP) is 3.46. The van der Waals surface area contributed by atoms with Gasteiger partial charge in [0.2, 0.25) is 10.0 Å². The predicted molar refractivity (Wildman–Crippen MR) is 110 cm³/mol. The zero-order valence-electron chi connectivity index (χ0n) is 17.2. The molecule has 2 aromatic rings. The number of rotatable bonds is 6. The van der Waals surface area contributed by atoms with E-state index < -0.39 is 10.0 Å². The Labute approximate surface area is 167 Å². The normalized spacial score (nSPS) is 13.2. The summed E-state index contributed by atoms with van der Waals surface area (Å²) in [6, 6.07) is 13.9. The number of benzene rings is 2. The summed E-state index contributed by atoms with van der Waals surface area (Å²) in [5, 5.41) is 3.05. The smallest absolute Gasteiger partial charge is 0.251 e. The first-order valence-electron chi connectivity index (χ1n) is 8.95. The van der Waals surface area contributed by atoms with Crippen molar-refractivity contribution in [3.05, 3.63) is 59.7 Å². The van der Waals surface area contributed by atoms with Crippen LogP contribution in [0.1, 0.15) is 42.7 Å². The van der Waals surface area contributed by atoms with Gasteiger partial charge in [0.25, 0.3) is 5.91 Å². The number of ether oxygens (including phenoxy) is 1. The summed E-state index contributed by atoms with van der Waals surface area (Å²) in [6.45, 7) is 6.13. The second-order valence-corrected chi connectivity index (χ2v) is 9.96. The third-order valence-electron chi connectivity index (χ3n) is 4.46. The van der Waals surface area contributed by atoms with Gasteiger partial charge in [-0.05, 0) is 29.2 Å². The van der Waals surface area contributed by atoms with Gasteiger partial charge in [-0.1, -0.05) is 51.1 Å². The number of hydrogen-bond acceptors (Lipinski definition) is 4. The number of methoxy groups -OCH3 is 1. The Morgan fingerprint density at radius 1 is 1.07 bits per heavy atom. The van der Waals surface area contributed by atoms with E-state index in [1.54, 1.807) is 6.07 Å². The van der Waals surface area contributed by atoms with Crippen LogP contribution in [0.25, 0.3) is 0 Å². The van der Waals surface area contributed by atoms with Gasteiger partial charge in [-0.3, -0.25) is 4.79 Å². The molecule has 28 heavy (non-hydrogen) atoms. The lowest BCUT2D eigenvalue weighted by Crippen LogP contribution is -2.36. The van der Waals surface area contributed by atoms with Gasteiger partial charge in [-0.15, -0.1) is 0 Å². The van der Waals surface area contributed by atoms with Gasteiger partial charge < -0.3 is 10.1 Å². The lowest BCUT2D eigenvalue weighted by Gasteiger charge is -2.32. The molecule has 0 saturated carbocycles. The van der Waals surface area contributed by atoms with Crippen molar-refractivity contribution in [1.82, 2.24) is 9.62 Å². The van der Waals surface area contributed by atoms with Crippen LogP contribution in [0.4, 0.5) is 0 Å². The van der Waals surface area contributed by atoms with Crippen LogP contribution in [-0.2, 0) is 10.0 Å². The first-order valence-corrected chi connectivity index (χ1v) is 10.4. The Hall–Kier alpha value is -2.38. The minimum absolute atomic E-state index is 0.0420. The molecule has 0 aliphatic rings. The summed E-state index contributed by atoms with van der Waals surface area (Å²) < 4.78 is 31.5. The minimum Gasteiger partial charge on any atom is -0.495 e.